The number of para-hydroxylation sites is 1. The highest BCUT2D eigenvalue weighted by molar-refractivity contribution is 5.83. The average molecular weight is 273 g/mol. The lowest BCUT2D eigenvalue weighted by atomic mass is 10.1. The summed E-state index contributed by atoms with van der Waals surface area (Å²) in [5, 5.41) is 6.92. The SMILES string of the molecule is COCCNC(=O)CNc1nc2ccccc2cc1C. The first-order valence-corrected chi connectivity index (χ1v) is 6.56. The quantitative estimate of drug-likeness (QED) is 0.787. The Balaban J connectivity index is 1.99. The monoisotopic (exact) mass is 273 g/mol. The van der Waals surface area contributed by atoms with Gasteiger partial charge in [0.15, 0.2) is 0 Å². The van der Waals surface area contributed by atoms with Crippen molar-refractivity contribution in [2.24, 2.45) is 0 Å². The number of fused-ring (bicyclic) bond motifs is 1. The van der Waals surface area contributed by atoms with E-state index in [0.717, 1.165) is 22.3 Å². The number of pyridine rings is 1. The smallest absolute Gasteiger partial charge is 0.239 e. The predicted molar refractivity (Wildman–Crippen MR) is 79.9 cm³/mol. The number of carbonyl (C=O) groups is 1. The van der Waals surface area contributed by atoms with Crippen molar-refractivity contribution in [3.05, 3.63) is 35.9 Å². The number of aromatic nitrogens is 1. The van der Waals surface area contributed by atoms with Gasteiger partial charge in [-0.2, -0.15) is 0 Å². The van der Waals surface area contributed by atoms with Crippen molar-refractivity contribution in [2.45, 2.75) is 6.92 Å². The van der Waals surface area contributed by atoms with E-state index >= 15 is 0 Å². The third kappa shape index (κ3) is 3.68. The third-order valence-corrected chi connectivity index (χ3v) is 2.96. The Labute approximate surface area is 118 Å². The van der Waals surface area contributed by atoms with Gasteiger partial charge in [0.2, 0.25) is 5.91 Å². The molecule has 0 aliphatic carbocycles. The predicted octanol–water partition coefficient (Wildman–Crippen LogP) is 1.72. The number of anilines is 1. The Morgan fingerprint density at radius 3 is 2.95 bits per heavy atom. The highest BCUT2D eigenvalue weighted by Gasteiger charge is 2.05. The van der Waals surface area contributed by atoms with E-state index in [-0.39, 0.29) is 12.5 Å². The second-order valence-corrected chi connectivity index (χ2v) is 4.54. The van der Waals surface area contributed by atoms with Crippen molar-refractivity contribution >= 4 is 22.6 Å². The number of methoxy groups -OCH3 is 1. The lowest BCUT2D eigenvalue weighted by Gasteiger charge is -2.10. The summed E-state index contributed by atoms with van der Waals surface area (Å²) in [6.07, 6.45) is 0. The molecule has 0 radical (unpaired) electrons. The molecule has 1 amide bonds. The molecule has 106 valence electrons. The van der Waals surface area contributed by atoms with Gasteiger partial charge in [0.25, 0.3) is 0 Å². The number of hydrogen-bond donors (Lipinski definition) is 2. The summed E-state index contributed by atoms with van der Waals surface area (Å²) < 4.78 is 4.87. The van der Waals surface area contributed by atoms with Gasteiger partial charge in [-0.25, -0.2) is 4.98 Å². The first-order chi connectivity index (χ1) is 9.70. The number of benzene rings is 1. The molecule has 0 spiro atoms. The van der Waals surface area contributed by atoms with Crippen LogP contribution in [0.15, 0.2) is 30.3 Å². The average Bonchev–Trinajstić information content (AvgIpc) is 2.45. The highest BCUT2D eigenvalue weighted by Crippen LogP contribution is 2.19. The highest BCUT2D eigenvalue weighted by atomic mass is 16.5. The van der Waals surface area contributed by atoms with E-state index in [2.05, 4.69) is 21.7 Å². The molecule has 0 unspecified atom stereocenters. The summed E-state index contributed by atoms with van der Waals surface area (Å²) >= 11 is 0. The molecule has 0 bridgehead atoms. The van der Waals surface area contributed by atoms with Crippen LogP contribution < -0.4 is 10.6 Å². The summed E-state index contributed by atoms with van der Waals surface area (Å²) in [5.41, 5.74) is 1.94. The van der Waals surface area contributed by atoms with E-state index in [1.165, 1.54) is 0 Å². The van der Waals surface area contributed by atoms with Gasteiger partial charge in [-0.05, 0) is 24.6 Å². The fourth-order valence-electron chi connectivity index (χ4n) is 1.92. The van der Waals surface area contributed by atoms with Crippen LogP contribution in [0.2, 0.25) is 0 Å². The Bertz CT molecular complexity index is 599. The van der Waals surface area contributed by atoms with Crippen molar-refractivity contribution in [3.8, 4) is 0 Å². The zero-order valence-electron chi connectivity index (χ0n) is 11.8. The third-order valence-electron chi connectivity index (χ3n) is 2.96. The summed E-state index contributed by atoms with van der Waals surface area (Å²) in [4.78, 5) is 16.1. The first-order valence-electron chi connectivity index (χ1n) is 6.56. The maximum atomic E-state index is 11.6. The van der Waals surface area contributed by atoms with Crippen LogP contribution in [-0.2, 0) is 9.53 Å². The van der Waals surface area contributed by atoms with Crippen LogP contribution in [-0.4, -0.2) is 37.7 Å². The minimum atomic E-state index is -0.0728. The number of carbonyl (C=O) groups excluding carboxylic acids is 1. The van der Waals surface area contributed by atoms with Crippen LogP contribution >= 0.6 is 0 Å². The molecule has 0 aliphatic rings. The van der Waals surface area contributed by atoms with E-state index in [1.807, 2.05) is 31.2 Å². The van der Waals surface area contributed by atoms with Gasteiger partial charge in [-0.15, -0.1) is 0 Å². The number of ether oxygens (including phenoxy) is 1. The Kier molecular flexibility index (Phi) is 4.90. The van der Waals surface area contributed by atoms with Crippen LogP contribution in [0, 0.1) is 6.92 Å². The molecule has 0 fully saturated rings. The fourth-order valence-corrected chi connectivity index (χ4v) is 1.92. The summed E-state index contributed by atoms with van der Waals surface area (Å²) in [6.45, 7) is 3.21. The molecule has 0 saturated heterocycles. The van der Waals surface area contributed by atoms with Gasteiger partial charge in [0.05, 0.1) is 18.7 Å². The fraction of sp³-hybridized carbons (Fsp3) is 0.333. The molecule has 20 heavy (non-hydrogen) atoms. The summed E-state index contributed by atoms with van der Waals surface area (Å²) in [7, 11) is 1.60. The molecule has 2 aromatic rings. The van der Waals surface area contributed by atoms with Gasteiger partial charge in [0, 0.05) is 19.0 Å². The van der Waals surface area contributed by atoms with E-state index in [0.29, 0.717) is 13.2 Å². The molecule has 1 aromatic heterocycles. The lowest BCUT2D eigenvalue weighted by Crippen LogP contribution is -2.32. The molecule has 0 atom stereocenters. The summed E-state index contributed by atoms with van der Waals surface area (Å²) in [5.74, 6) is 0.669. The van der Waals surface area contributed by atoms with Crippen molar-refractivity contribution in [2.75, 3.05) is 32.1 Å². The topological polar surface area (TPSA) is 63.2 Å². The number of amides is 1. The van der Waals surface area contributed by atoms with Crippen molar-refractivity contribution in [3.63, 3.8) is 0 Å². The standard InChI is InChI=1S/C15H19N3O2/c1-11-9-12-5-3-4-6-13(12)18-15(11)17-10-14(19)16-7-8-20-2/h3-6,9H,7-8,10H2,1-2H3,(H,16,19)(H,17,18). The maximum Gasteiger partial charge on any atom is 0.239 e. The largest absolute Gasteiger partial charge is 0.383 e. The van der Waals surface area contributed by atoms with Gasteiger partial charge >= 0.3 is 0 Å². The minimum Gasteiger partial charge on any atom is -0.383 e. The molecule has 1 heterocycles. The second kappa shape index (κ2) is 6.86. The number of aryl methyl sites for hydroxylation is 1. The van der Waals surface area contributed by atoms with Crippen LogP contribution in [0.1, 0.15) is 5.56 Å². The van der Waals surface area contributed by atoms with E-state index < -0.39 is 0 Å². The van der Waals surface area contributed by atoms with E-state index in [1.54, 1.807) is 7.11 Å². The Morgan fingerprint density at radius 2 is 2.15 bits per heavy atom. The molecule has 2 N–H and O–H groups in total. The van der Waals surface area contributed by atoms with Crippen LogP contribution in [0.4, 0.5) is 5.82 Å². The van der Waals surface area contributed by atoms with E-state index in [4.69, 9.17) is 4.74 Å². The maximum absolute atomic E-state index is 11.6. The van der Waals surface area contributed by atoms with E-state index in [9.17, 15) is 4.79 Å². The molecule has 0 saturated carbocycles. The molecular weight excluding hydrogens is 254 g/mol. The number of nitrogens with zero attached hydrogens (tertiary/aromatic N) is 1. The zero-order chi connectivity index (χ0) is 14.4. The van der Waals surface area contributed by atoms with Gasteiger partial charge in [-0.3, -0.25) is 4.79 Å². The Hall–Kier alpha value is -2.14. The first kappa shape index (κ1) is 14.3. The number of hydrogen-bond acceptors (Lipinski definition) is 4. The van der Waals surface area contributed by atoms with Gasteiger partial charge in [-0.1, -0.05) is 18.2 Å². The minimum absolute atomic E-state index is 0.0728. The molecule has 5 heteroatoms. The van der Waals surface area contributed by atoms with Crippen molar-refractivity contribution in [1.82, 2.24) is 10.3 Å². The van der Waals surface area contributed by atoms with Gasteiger partial charge in [0.1, 0.15) is 5.82 Å². The number of rotatable bonds is 6. The normalized spacial score (nSPS) is 10.5. The van der Waals surface area contributed by atoms with Crippen LogP contribution in [0.5, 0.6) is 0 Å². The lowest BCUT2D eigenvalue weighted by molar-refractivity contribution is -0.119. The molecule has 2 rings (SSSR count). The van der Waals surface area contributed by atoms with Crippen molar-refractivity contribution < 1.29 is 9.53 Å². The molecule has 5 nitrogen and oxygen atoms in total. The Morgan fingerprint density at radius 1 is 1.35 bits per heavy atom. The van der Waals surface area contributed by atoms with Crippen molar-refractivity contribution in [1.29, 1.82) is 0 Å². The number of nitrogens with one attached hydrogen (secondary N) is 2. The van der Waals surface area contributed by atoms with Crippen LogP contribution in [0.3, 0.4) is 0 Å². The molecule has 0 aliphatic heterocycles. The van der Waals surface area contributed by atoms with Gasteiger partial charge < -0.3 is 15.4 Å². The summed E-state index contributed by atoms with van der Waals surface area (Å²) in [6, 6.07) is 9.98. The second-order valence-electron chi connectivity index (χ2n) is 4.54. The molecular formula is C15H19N3O2. The zero-order valence-corrected chi connectivity index (χ0v) is 11.8. The molecule has 1 aromatic carbocycles. The van der Waals surface area contributed by atoms with Crippen LogP contribution in [0.25, 0.3) is 10.9 Å².